The molecule has 1 aliphatic rings. The maximum absolute atomic E-state index is 12.6. The van der Waals surface area contributed by atoms with Crippen molar-refractivity contribution in [3.05, 3.63) is 42.0 Å². The van der Waals surface area contributed by atoms with Crippen molar-refractivity contribution >= 4 is 5.97 Å². The number of methoxy groups -OCH3 is 1. The van der Waals surface area contributed by atoms with Crippen LogP contribution in [0.25, 0.3) is 0 Å². The van der Waals surface area contributed by atoms with Crippen molar-refractivity contribution in [1.29, 1.82) is 0 Å². The molecule has 0 N–H and O–H groups in total. The molecule has 0 heterocycles. The highest BCUT2D eigenvalue weighted by atomic mass is 19.4. The van der Waals surface area contributed by atoms with Crippen molar-refractivity contribution in [2.24, 2.45) is 17.8 Å². The third-order valence-electron chi connectivity index (χ3n) is 6.21. The number of rotatable bonds is 13. The van der Waals surface area contributed by atoms with Crippen LogP contribution in [0.5, 0.6) is 5.75 Å². The Balaban J connectivity index is 1.75. The van der Waals surface area contributed by atoms with Crippen molar-refractivity contribution in [3.8, 4) is 5.75 Å². The lowest BCUT2D eigenvalue weighted by atomic mass is 9.76. The van der Waals surface area contributed by atoms with Crippen LogP contribution >= 0.6 is 0 Å². The molecule has 0 bridgehead atoms. The van der Waals surface area contributed by atoms with Crippen LogP contribution in [0.3, 0.4) is 0 Å². The van der Waals surface area contributed by atoms with E-state index in [1.807, 2.05) is 24.3 Å². The van der Waals surface area contributed by atoms with Gasteiger partial charge in [0.2, 0.25) is 0 Å². The molecule has 186 valence electrons. The van der Waals surface area contributed by atoms with Crippen LogP contribution in [0.1, 0.15) is 44.1 Å². The lowest BCUT2D eigenvalue weighted by Gasteiger charge is -2.33. The summed E-state index contributed by atoms with van der Waals surface area (Å²) in [7, 11) is 1.52. The topological polar surface area (TPSA) is 44.8 Å². The first-order valence-electron chi connectivity index (χ1n) is 11.4. The Labute approximate surface area is 193 Å². The zero-order valence-electron chi connectivity index (χ0n) is 19.2. The zero-order valence-corrected chi connectivity index (χ0v) is 19.2. The second-order valence-electron chi connectivity index (χ2n) is 8.67. The van der Waals surface area contributed by atoms with Crippen molar-refractivity contribution in [2.45, 2.75) is 51.1 Å². The van der Waals surface area contributed by atoms with Gasteiger partial charge in [0, 0.05) is 13.0 Å². The Bertz CT molecular complexity index is 725. The standard InChI is InChI=1S/C25H34F4O4/c1-18(25(27,28)29)24(30)33-17-22(16-31-2)21-10-6-20(7-11-21)15-32-23-12-8-19(9-13-23)5-3-4-14-26/h8-9,12-13,20-22H,1,3-7,10-11,14-17H2,2H3. The van der Waals surface area contributed by atoms with E-state index < -0.39 is 17.7 Å². The summed E-state index contributed by atoms with van der Waals surface area (Å²) in [5.41, 5.74) is -0.327. The van der Waals surface area contributed by atoms with Gasteiger partial charge in [-0.05, 0) is 74.5 Å². The first kappa shape index (κ1) is 27.2. The predicted octanol–water partition coefficient (Wildman–Crippen LogP) is 6.09. The van der Waals surface area contributed by atoms with Gasteiger partial charge >= 0.3 is 12.1 Å². The second-order valence-corrected chi connectivity index (χ2v) is 8.67. The van der Waals surface area contributed by atoms with Crippen molar-refractivity contribution in [1.82, 2.24) is 0 Å². The molecule has 8 heteroatoms. The Kier molecular flexibility index (Phi) is 11.2. The van der Waals surface area contributed by atoms with Gasteiger partial charge < -0.3 is 14.2 Å². The number of hydrogen-bond donors (Lipinski definition) is 0. The van der Waals surface area contributed by atoms with Crippen LogP contribution in [0, 0.1) is 17.8 Å². The van der Waals surface area contributed by atoms with Gasteiger partial charge in [-0.2, -0.15) is 13.2 Å². The molecule has 0 spiro atoms. The molecule has 0 radical (unpaired) electrons. The predicted molar refractivity (Wildman–Crippen MR) is 118 cm³/mol. The van der Waals surface area contributed by atoms with Crippen LogP contribution in [-0.2, 0) is 20.7 Å². The van der Waals surface area contributed by atoms with E-state index in [0.29, 0.717) is 25.6 Å². The molecule has 0 aromatic heterocycles. The zero-order chi connectivity index (χ0) is 24.3. The van der Waals surface area contributed by atoms with E-state index in [9.17, 15) is 22.4 Å². The second kappa shape index (κ2) is 13.6. The number of alkyl halides is 4. The smallest absolute Gasteiger partial charge is 0.422 e. The monoisotopic (exact) mass is 474 g/mol. The number of halogens is 4. The van der Waals surface area contributed by atoms with Crippen molar-refractivity contribution in [2.75, 3.05) is 33.6 Å². The van der Waals surface area contributed by atoms with Crippen LogP contribution in [0.15, 0.2) is 36.4 Å². The fourth-order valence-electron chi connectivity index (χ4n) is 4.14. The van der Waals surface area contributed by atoms with E-state index in [1.165, 1.54) is 12.7 Å². The first-order chi connectivity index (χ1) is 15.7. The number of hydrogen-bond acceptors (Lipinski definition) is 4. The van der Waals surface area contributed by atoms with Gasteiger partial charge in [0.1, 0.15) is 11.3 Å². The van der Waals surface area contributed by atoms with Crippen LogP contribution in [0.2, 0.25) is 0 Å². The molecular weight excluding hydrogens is 440 g/mol. The van der Waals surface area contributed by atoms with Crippen molar-refractivity contribution < 1.29 is 36.6 Å². The third-order valence-corrected chi connectivity index (χ3v) is 6.21. The number of benzene rings is 1. The Hall–Kier alpha value is -2.09. The fourth-order valence-corrected chi connectivity index (χ4v) is 4.14. The van der Waals surface area contributed by atoms with Crippen molar-refractivity contribution in [3.63, 3.8) is 0 Å². The van der Waals surface area contributed by atoms with Crippen LogP contribution < -0.4 is 4.74 Å². The quantitative estimate of drug-likeness (QED) is 0.150. The number of esters is 1. The SMILES string of the molecule is C=C(C(=O)OCC(COC)C1CCC(COc2ccc(CCCCF)cc2)CC1)C(F)(F)F. The molecule has 1 unspecified atom stereocenters. The number of aryl methyl sites for hydroxylation is 1. The summed E-state index contributed by atoms with van der Waals surface area (Å²) in [6.07, 6.45) is 1.07. The highest BCUT2D eigenvalue weighted by molar-refractivity contribution is 5.89. The molecule has 1 saturated carbocycles. The first-order valence-corrected chi connectivity index (χ1v) is 11.4. The van der Waals surface area contributed by atoms with Crippen LogP contribution in [0.4, 0.5) is 17.6 Å². The lowest BCUT2D eigenvalue weighted by molar-refractivity contribution is -0.153. The minimum absolute atomic E-state index is 0.120. The molecule has 1 atom stereocenters. The molecule has 33 heavy (non-hydrogen) atoms. The summed E-state index contributed by atoms with van der Waals surface area (Å²) in [6, 6.07) is 7.89. The number of unbranched alkanes of at least 4 members (excludes halogenated alkanes) is 1. The summed E-state index contributed by atoms with van der Waals surface area (Å²) in [5.74, 6) is -0.190. The third kappa shape index (κ3) is 9.35. The summed E-state index contributed by atoms with van der Waals surface area (Å²) in [6.45, 7) is 3.29. The highest BCUT2D eigenvalue weighted by Gasteiger charge is 2.38. The number of carbonyl (C=O) groups is 1. The van der Waals surface area contributed by atoms with Gasteiger partial charge in [0.05, 0.1) is 26.5 Å². The Morgan fingerprint density at radius 1 is 1.09 bits per heavy atom. The molecule has 2 rings (SSSR count). The highest BCUT2D eigenvalue weighted by Crippen LogP contribution is 2.35. The molecule has 1 fully saturated rings. The summed E-state index contributed by atoms with van der Waals surface area (Å²) in [5, 5.41) is 0. The fraction of sp³-hybridized carbons (Fsp3) is 0.640. The van der Waals surface area contributed by atoms with E-state index in [0.717, 1.165) is 44.3 Å². The average molecular weight is 475 g/mol. The lowest BCUT2D eigenvalue weighted by Crippen LogP contribution is -2.31. The van der Waals surface area contributed by atoms with E-state index in [1.54, 1.807) is 0 Å². The maximum atomic E-state index is 12.6. The van der Waals surface area contributed by atoms with E-state index in [4.69, 9.17) is 14.2 Å². The van der Waals surface area contributed by atoms with E-state index in [2.05, 4.69) is 6.58 Å². The minimum Gasteiger partial charge on any atom is -0.493 e. The Morgan fingerprint density at radius 2 is 1.76 bits per heavy atom. The summed E-state index contributed by atoms with van der Waals surface area (Å²) >= 11 is 0. The number of ether oxygens (including phenoxy) is 3. The summed E-state index contributed by atoms with van der Waals surface area (Å²) < 4.78 is 66.0. The van der Waals surface area contributed by atoms with E-state index >= 15 is 0 Å². The van der Waals surface area contributed by atoms with Gasteiger partial charge in [-0.15, -0.1) is 0 Å². The average Bonchev–Trinajstić information content (AvgIpc) is 2.80. The minimum atomic E-state index is -4.79. The largest absolute Gasteiger partial charge is 0.493 e. The molecule has 1 aromatic rings. The van der Waals surface area contributed by atoms with Gasteiger partial charge in [-0.25, -0.2) is 4.79 Å². The molecule has 4 nitrogen and oxygen atoms in total. The molecule has 0 saturated heterocycles. The van der Waals surface area contributed by atoms with Crippen LogP contribution in [-0.4, -0.2) is 45.8 Å². The molecular formula is C25H34F4O4. The molecule has 1 aromatic carbocycles. The normalized spacial score (nSPS) is 19.7. The Morgan fingerprint density at radius 3 is 2.33 bits per heavy atom. The molecule has 0 aliphatic heterocycles. The number of carbonyl (C=O) groups excluding carboxylic acids is 1. The van der Waals surface area contributed by atoms with Gasteiger partial charge in [0.25, 0.3) is 0 Å². The van der Waals surface area contributed by atoms with Gasteiger partial charge in [-0.3, -0.25) is 4.39 Å². The van der Waals surface area contributed by atoms with Gasteiger partial charge in [0.15, 0.2) is 0 Å². The molecule has 0 amide bonds. The summed E-state index contributed by atoms with van der Waals surface area (Å²) in [4.78, 5) is 11.6. The van der Waals surface area contributed by atoms with E-state index in [-0.39, 0.29) is 25.1 Å². The maximum Gasteiger partial charge on any atom is 0.422 e. The molecule has 1 aliphatic carbocycles. The van der Waals surface area contributed by atoms with Gasteiger partial charge in [-0.1, -0.05) is 18.7 Å².